The highest BCUT2D eigenvalue weighted by atomic mass is 32.2. The molecular formula is C13H19FN4O4S2. The summed E-state index contributed by atoms with van der Waals surface area (Å²) < 4.78 is 43.6. The van der Waals surface area contributed by atoms with Crippen molar-refractivity contribution >= 4 is 33.3 Å². The second kappa shape index (κ2) is 9.47. The molecule has 0 aliphatic carbocycles. The molecule has 0 aliphatic heterocycles. The molecule has 0 saturated heterocycles. The Kier molecular flexibility index (Phi) is 7.98. The van der Waals surface area contributed by atoms with E-state index >= 15 is 0 Å². The van der Waals surface area contributed by atoms with Gasteiger partial charge in [-0.05, 0) is 43.4 Å². The van der Waals surface area contributed by atoms with Crippen molar-refractivity contribution < 1.29 is 22.3 Å². The highest BCUT2D eigenvalue weighted by molar-refractivity contribution is 7.89. The number of hydrogen-bond acceptors (Lipinski definition) is 5. The number of benzene rings is 1. The Morgan fingerprint density at radius 3 is 2.50 bits per heavy atom. The van der Waals surface area contributed by atoms with Gasteiger partial charge in [-0.3, -0.25) is 15.6 Å². The number of methoxy groups -OCH3 is 1. The number of hydrazine groups is 1. The molecule has 0 radical (unpaired) electrons. The average Bonchev–Trinajstić information content (AvgIpc) is 2.51. The molecule has 1 amide bonds. The first-order chi connectivity index (χ1) is 11.2. The van der Waals surface area contributed by atoms with Gasteiger partial charge in [0, 0.05) is 13.2 Å². The van der Waals surface area contributed by atoms with Crippen LogP contribution in [-0.2, 0) is 19.6 Å². The van der Waals surface area contributed by atoms with E-state index in [1.54, 1.807) is 7.11 Å². The molecule has 0 heterocycles. The molecule has 1 aromatic carbocycles. The van der Waals surface area contributed by atoms with E-state index in [0.29, 0.717) is 6.61 Å². The number of hydrogen-bond donors (Lipinski definition) is 4. The second-order valence-corrected chi connectivity index (χ2v) is 6.96. The first-order valence-corrected chi connectivity index (χ1v) is 8.73. The van der Waals surface area contributed by atoms with Crippen LogP contribution in [0.3, 0.4) is 0 Å². The van der Waals surface area contributed by atoms with Crippen LogP contribution >= 0.6 is 12.2 Å². The summed E-state index contributed by atoms with van der Waals surface area (Å²) in [5.74, 6) is -1.20. The third kappa shape index (κ3) is 7.17. The lowest BCUT2D eigenvalue weighted by Crippen LogP contribution is -2.51. The molecular weight excluding hydrogens is 359 g/mol. The molecule has 8 nitrogen and oxygen atoms in total. The van der Waals surface area contributed by atoms with E-state index in [2.05, 4.69) is 20.9 Å². The van der Waals surface area contributed by atoms with Gasteiger partial charge in [0.2, 0.25) is 10.0 Å². The largest absolute Gasteiger partial charge is 0.383 e. The SMILES string of the molecule is COC[C@H](C)NC(=S)NNC(=O)CNS(=O)(=O)c1ccc(F)cc1. The quantitative estimate of drug-likeness (QED) is 0.379. The van der Waals surface area contributed by atoms with Gasteiger partial charge in [0.25, 0.3) is 5.91 Å². The van der Waals surface area contributed by atoms with Crippen LogP contribution in [0, 0.1) is 5.82 Å². The molecule has 0 unspecified atom stereocenters. The summed E-state index contributed by atoms with van der Waals surface area (Å²) in [6.07, 6.45) is 0. The van der Waals surface area contributed by atoms with Crippen LogP contribution in [0.5, 0.6) is 0 Å². The standard InChI is InChI=1S/C13H19FN4O4S2/c1-9(8-22-2)16-13(23)18-17-12(19)7-15-24(20,21)11-5-3-10(14)4-6-11/h3-6,9,15H,7-8H2,1-2H3,(H,17,19)(H2,16,18,23)/t9-/m0/s1. The molecule has 11 heteroatoms. The highest BCUT2D eigenvalue weighted by Gasteiger charge is 2.15. The van der Waals surface area contributed by atoms with Gasteiger partial charge in [-0.2, -0.15) is 0 Å². The molecule has 1 atom stereocenters. The van der Waals surface area contributed by atoms with Crippen LogP contribution in [0.2, 0.25) is 0 Å². The van der Waals surface area contributed by atoms with Crippen LogP contribution in [0.1, 0.15) is 6.92 Å². The molecule has 24 heavy (non-hydrogen) atoms. The Hall–Kier alpha value is -1.82. The fourth-order valence-electron chi connectivity index (χ4n) is 1.58. The fraction of sp³-hybridized carbons (Fsp3) is 0.385. The monoisotopic (exact) mass is 378 g/mol. The zero-order valence-corrected chi connectivity index (χ0v) is 14.8. The molecule has 0 fully saturated rings. The average molecular weight is 378 g/mol. The number of sulfonamides is 1. The number of ether oxygens (including phenoxy) is 1. The van der Waals surface area contributed by atoms with E-state index in [1.165, 1.54) is 0 Å². The van der Waals surface area contributed by atoms with Crippen LogP contribution in [0.15, 0.2) is 29.2 Å². The van der Waals surface area contributed by atoms with Crippen molar-refractivity contribution in [3.05, 3.63) is 30.1 Å². The number of amides is 1. The van der Waals surface area contributed by atoms with Crippen molar-refractivity contribution in [1.29, 1.82) is 0 Å². The maximum absolute atomic E-state index is 12.8. The normalized spacial score (nSPS) is 12.3. The van der Waals surface area contributed by atoms with E-state index in [1.807, 2.05) is 6.92 Å². The van der Waals surface area contributed by atoms with E-state index in [4.69, 9.17) is 17.0 Å². The number of thiocarbonyl (C=S) groups is 1. The molecule has 1 aromatic rings. The molecule has 0 aromatic heterocycles. The molecule has 0 spiro atoms. The lowest BCUT2D eigenvalue weighted by Gasteiger charge is -2.16. The van der Waals surface area contributed by atoms with Gasteiger partial charge in [-0.1, -0.05) is 0 Å². The summed E-state index contributed by atoms with van der Waals surface area (Å²) >= 11 is 4.94. The topological polar surface area (TPSA) is 109 Å². The predicted octanol–water partition coefficient (Wildman–Crippen LogP) is -0.366. The van der Waals surface area contributed by atoms with Gasteiger partial charge < -0.3 is 10.1 Å². The van der Waals surface area contributed by atoms with Gasteiger partial charge in [0.05, 0.1) is 18.0 Å². The van der Waals surface area contributed by atoms with Crippen molar-refractivity contribution in [3.8, 4) is 0 Å². The van der Waals surface area contributed by atoms with Crippen molar-refractivity contribution in [2.45, 2.75) is 17.9 Å². The third-order valence-electron chi connectivity index (χ3n) is 2.66. The van der Waals surface area contributed by atoms with E-state index in [-0.39, 0.29) is 16.0 Å². The van der Waals surface area contributed by atoms with Crippen LogP contribution in [-0.4, -0.2) is 45.7 Å². The van der Waals surface area contributed by atoms with E-state index < -0.39 is 28.3 Å². The first-order valence-electron chi connectivity index (χ1n) is 6.84. The Bertz CT molecular complexity index is 667. The molecule has 134 valence electrons. The molecule has 0 aliphatic rings. The lowest BCUT2D eigenvalue weighted by atomic mass is 10.4. The molecule has 0 saturated carbocycles. The number of rotatable bonds is 7. The predicted molar refractivity (Wildman–Crippen MR) is 89.9 cm³/mol. The maximum Gasteiger partial charge on any atom is 0.253 e. The first kappa shape index (κ1) is 20.2. The molecule has 1 rings (SSSR count). The summed E-state index contributed by atoms with van der Waals surface area (Å²) in [5, 5.41) is 3.01. The Morgan fingerprint density at radius 1 is 1.29 bits per heavy atom. The maximum atomic E-state index is 12.8. The van der Waals surface area contributed by atoms with E-state index in [0.717, 1.165) is 24.3 Å². The zero-order chi connectivity index (χ0) is 18.2. The van der Waals surface area contributed by atoms with Gasteiger partial charge >= 0.3 is 0 Å². The molecule has 4 N–H and O–H groups in total. The number of halogens is 1. The van der Waals surface area contributed by atoms with Gasteiger partial charge in [0.15, 0.2) is 5.11 Å². The summed E-state index contributed by atoms with van der Waals surface area (Å²) in [5.41, 5.74) is 4.68. The summed E-state index contributed by atoms with van der Waals surface area (Å²) in [6, 6.07) is 4.17. The number of carbonyl (C=O) groups is 1. The van der Waals surface area contributed by atoms with Crippen LogP contribution in [0.25, 0.3) is 0 Å². The highest BCUT2D eigenvalue weighted by Crippen LogP contribution is 2.08. The summed E-state index contributed by atoms with van der Waals surface area (Å²) in [7, 11) is -2.36. The van der Waals surface area contributed by atoms with Crippen molar-refractivity contribution in [2.24, 2.45) is 0 Å². The van der Waals surface area contributed by atoms with Crippen LogP contribution < -0.4 is 20.9 Å². The Labute approximate surface area is 145 Å². The van der Waals surface area contributed by atoms with E-state index in [9.17, 15) is 17.6 Å². The summed E-state index contributed by atoms with van der Waals surface area (Å²) in [6.45, 7) is 1.74. The van der Waals surface area contributed by atoms with Crippen molar-refractivity contribution in [3.63, 3.8) is 0 Å². The minimum absolute atomic E-state index is 0.0659. The van der Waals surface area contributed by atoms with Gasteiger partial charge in [-0.25, -0.2) is 17.5 Å². The minimum Gasteiger partial charge on any atom is -0.383 e. The lowest BCUT2D eigenvalue weighted by molar-refractivity contribution is -0.120. The molecule has 0 bridgehead atoms. The zero-order valence-electron chi connectivity index (χ0n) is 13.1. The Morgan fingerprint density at radius 2 is 1.92 bits per heavy atom. The second-order valence-electron chi connectivity index (χ2n) is 4.78. The van der Waals surface area contributed by atoms with Crippen LogP contribution in [0.4, 0.5) is 4.39 Å². The fourth-order valence-corrected chi connectivity index (χ4v) is 2.81. The summed E-state index contributed by atoms with van der Waals surface area (Å²) in [4.78, 5) is 11.5. The minimum atomic E-state index is -3.91. The number of nitrogens with one attached hydrogen (secondary N) is 4. The Balaban J connectivity index is 2.40. The van der Waals surface area contributed by atoms with Crippen molar-refractivity contribution in [1.82, 2.24) is 20.9 Å². The van der Waals surface area contributed by atoms with Gasteiger partial charge in [-0.15, -0.1) is 0 Å². The van der Waals surface area contributed by atoms with Crippen molar-refractivity contribution in [2.75, 3.05) is 20.3 Å². The smallest absolute Gasteiger partial charge is 0.253 e. The number of carbonyl (C=O) groups excluding carboxylic acids is 1. The third-order valence-corrected chi connectivity index (χ3v) is 4.29. The van der Waals surface area contributed by atoms with Gasteiger partial charge in [0.1, 0.15) is 5.82 Å².